The SMILES string of the molecule is O=C(C[C@@H](c1cccc([C@H](CC(=O)c2ccccn2)P(c2ccccc2)c2ccccc2)c1)P(c1ccccc1)c1ccccc1)c1ccccn1. The van der Waals surface area contributed by atoms with Gasteiger partial charge in [0.1, 0.15) is 11.4 Å². The topological polar surface area (TPSA) is 59.9 Å². The molecule has 2 heterocycles. The van der Waals surface area contributed by atoms with Crippen LogP contribution in [0.4, 0.5) is 0 Å². The average molecular weight is 713 g/mol. The van der Waals surface area contributed by atoms with Gasteiger partial charge in [-0.1, -0.05) is 158 Å². The molecule has 254 valence electrons. The van der Waals surface area contributed by atoms with Crippen molar-refractivity contribution < 1.29 is 9.59 Å². The minimum absolute atomic E-state index is 0.00747. The Balaban J connectivity index is 1.39. The Morgan fingerprint density at radius 1 is 0.404 bits per heavy atom. The highest BCUT2D eigenvalue weighted by Crippen LogP contribution is 2.55. The molecular formula is C46H38N2O2P2. The summed E-state index contributed by atoms with van der Waals surface area (Å²) in [4.78, 5) is 37.1. The molecule has 7 rings (SSSR count). The normalized spacial score (nSPS) is 12.3. The van der Waals surface area contributed by atoms with Crippen molar-refractivity contribution >= 4 is 48.6 Å². The molecule has 0 bridgehead atoms. The number of hydrogen-bond acceptors (Lipinski definition) is 4. The molecule has 0 N–H and O–H groups in total. The lowest BCUT2D eigenvalue weighted by atomic mass is 9.99. The molecule has 6 heteroatoms. The second kappa shape index (κ2) is 17.2. The smallest absolute Gasteiger partial charge is 0.182 e. The van der Waals surface area contributed by atoms with Crippen LogP contribution in [0, 0.1) is 0 Å². The summed E-state index contributed by atoms with van der Waals surface area (Å²) in [6.07, 6.45) is 3.94. The number of pyridine rings is 2. The van der Waals surface area contributed by atoms with Crippen molar-refractivity contribution in [2.24, 2.45) is 0 Å². The monoisotopic (exact) mass is 712 g/mol. The van der Waals surface area contributed by atoms with Gasteiger partial charge in [-0.05, 0) is 72.5 Å². The second-order valence-corrected chi connectivity index (χ2v) is 17.3. The molecule has 52 heavy (non-hydrogen) atoms. The zero-order chi connectivity index (χ0) is 35.5. The Morgan fingerprint density at radius 3 is 1.04 bits per heavy atom. The average Bonchev–Trinajstić information content (AvgIpc) is 3.22. The van der Waals surface area contributed by atoms with Gasteiger partial charge in [0.05, 0.1) is 0 Å². The lowest BCUT2D eigenvalue weighted by Crippen LogP contribution is -2.21. The summed E-state index contributed by atoms with van der Waals surface area (Å²) in [6.45, 7) is 0. The molecular weight excluding hydrogens is 674 g/mol. The van der Waals surface area contributed by atoms with Gasteiger partial charge in [0.15, 0.2) is 11.6 Å². The molecule has 5 aromatic carbocycles. The largest absolute Gasteiger partial charge is 0.292 e. The number of hydrogen-bond donors (Lipinski definition) is 0. The third kappa shape index (κ3) is 8.38. The molecule has 0 saturated heterocycles. The number of benzene rings is 5. The van der Waals surface area contributed by atoms with Gasteiger partial charge >= 0.3 is 0 Å². The molecule has 0 aliphatic rings. The molecule has 0 amide bonds. The number of Topliss-reactive ketones (excluding diaryl/α,β-unsaturated/α-hetero) is 2. The summed E-state index contributed by atoms with van der Waals surface area (Å²) in [5.41, 5.74) is 2.78. The zero-order valence-electron chi connectivity index (χ0n) is 28.6. The van der Waals surface area contributed by atoms with E-state index in [0.29, 0.717) is 24.2 Å². The van der Waals surface area contributed by atoms with Crippen LogP contribution >= 0.6 is 15.8 Å². The third-order valence-electron chi connectivity index (χ3n) is 9.10. The fourth-order valence-corrected chi connectivity index (χ4v) is 12.3. The molecule has 2 aromatic heterocycles. The van der Waals surface area contributed by atoms with E-state index in [4.69, 9.17) is 0 Å². The van der Waals surface area contributed by atoms with Crippen molar-refractivity contribution in [3.63, 3.8) is 0 Å². The van der Waals surface area contributed by atoms with Crippen LogP contribution in [-0.2, 0) is 0 Å². The number of carbonyl (C=O) groups excluding carboxylic acids is 2. The molecule has 0 radical (unpaired) electrons. The minimum Gasteiger partial charge on any atom is -0.292 e. The van der Waals surface area contributed by atoms with Gasteiger partial charge in [-0.2, -0.15) is 0 Å². The van der Waals surface area contributed by atoms with E-state index in [1.165, 1.54) is 21.2 Å². The quantitative estimate of drug-likeness (QED) is 0.0833. The van der Waals surface area contributed by atoms with Crippen LogP contribution in [0.1, 0.15) is 56.3 Å². The number of carbonyl (C=O) groups is 2. The van der Waals surface area contributed by atoms with Gasteiger partial charge < -0.3 is 0 Å². The number of ketones is 2. The molecule has 0 saturated carbocycles. The summed E-state index contributed by atoms with van der Waals surface area (Å²) in [5.74, 6) is 0.0149. The summed E-state index contributed by atoms with van der Waals surface area (Å²) in [6, 6.07) is 61.9. The summed E-state index contributed by atoms with van der Waals surface area (Å²) >= 11 is 0. The Hall–Kier alpha value is -5.40. The predicted molar refractivity (Wildman–Crippen MR) is 216 cm³/mol. The van der Waals surface area contributed by atoms with Crippen LogP contribution in [0.2, 0.25) is 0 Å². The highest BCUT2D eigenvalue weighted by molar-refractivity contribution is 7.73. The molecule has 0 spiro atoms. The van der Waals surface area contributed by atoms with Crippen LogP contribution in [0.3, 0.4) is 0 Å². The van der Waals surface area contributed by atoms with E-state index in [1.807, 2.05) is 48.5 Å². The van der Waals surface area contributed by atoms with Crippen LogP contribution < -0.4 is 21.2 Å². The fraction of sp³-hybridized carbons (Fsp3) is 0.0870. The first-order valence-electron chi connectivity index (χ1n) is 17.4. The number of nitrogens with zero attached hydrogens (tertiary/aromatic N) is 2. The van der Waals surface area contributed by atoms with Gasteiger partial charge in [-0.3, -0.25) is 19.6 Å². The van der Waals surface area contributed by atoms with Gasteiger partial charge in [0, 0.05) is 36.6 Å². The molecule has 0 aliphatic heterocycles. The van der Waals surface area contributed by atoms with Crippen molar-refractivity contribution in [3.05, 3.63) is 217 Å². The lowest BCUT2D eigenvalue weighted by Gasteiger charge is -2.32. The van der Waals surface area contributed by atoms with Crippen LogP contribution in [0.25, 0.3) is 0 Å². The highest BCUT2D eigenvalue weighted by atomic mass is 31.1. The van der Waals surface area contributed by atoms with Crippen LogP contribution in [0.15, 0.2) is 194 Å². The predicted octanol–water partition coefficient (Wildman–Crippen LogP) is 9.37. The fourth-order valence-electron chi connectivity index (χ4n) is 6.68. The van der Waals surface area contributed by atoms with Crippen molar-refractivity contribution in [3.8, 4) is 0 Å². The Labute approximate surface area is 308 Å². The minimum atomic E-state index is -1.02. The Bertz CT molecular complexity index is 1950. The first-order valence-corrected chi connectivity index (χ1v) is 20.2. The number of rotatable bonds is 14. The van der Waals surface area contributed by atoms with E-state index in [2.05, 4.69) is 131 Å². The molecule has 0 fully saturated rings. The summed E-state index contributed by atoms with van der Waals surface area (Å²) in [5, 5.41) is 4.80. The standard InChI is InChI=1S/C46H38N2O2P2/c49-43(41-28-13-15-30-47-41)33-45(51(37-20-5-1-6-21-37)38-22-7-2-8-23-38)35-18-17-19-36(32-35)46(34-44(50)42-29-14-16-31-48-42)52(39-24-9-3-10-25-39)40-26-11-4-12-27-40/h1-32,45-46H,33-34H2/t45-,46-/m0/s1. The Kier molecular flexibility index (Phi) is 11.6. The van der Waals surface area contributed by atoms with Gasteiger partial charge in [0.2, 0.25) is 0 Å². The van der Waals surface area contributed by atoms with Gasteiger partial charge in [-0.15, -0.1) is 0 Å². The maximum absolute atomic E-state index is 14.1. The van der Waals surface area contributed by atoms with E-state index in [-0.39, 0.29) is 22.9 Å². The molecule has 7 aromatic rings. The Morgan fingerprint density at radius 2 is 0.731 bits per heavy atom. The van der Waals surface area contributed by atoms with E-state index in [0.717, 1.165) is 11.1 Å². The second-order valence-electron chi connectivity index (χ2n) is 12.5. The van der Waals surface area contributed by atoms with Crippen molar-refractivity contribution in [1.29, 1.82) is 0 Å². The van der Waals surface area contributed by atoms with Gasteiger partial charge in [-0.25, -0.2) is 0 Å². The molecule has 4 nitrogen and oxygen atoms in total. The van der Waals surface area contributed by atoms with Crippen molar-refractivity contribution in [2.45, 2.75) is 24.2 Å². The van der Waals surface area contributed by atoms with E-state index in [9.17, 15) is 9.59 Å². The number of aromatic nitrogens is 2. The molecule has 0 unspecified atom stereocenters. The van der Waals surface area contributed by atoms with Gasteiger partial charge in [0.25, 0.3) is 0 Å². The maximum atomic E-state index is 14.1. The van der Waals surface area contributed by atoms with Crippen LogP contribution in [-0.4, -0.2) is 21.5 Å². The molecule has 2 atom stereocenters. The lowest BCUT2D eigenvalue weighted by molar-refractivity contribution is 0.0969. The van der Waals surface area contributed by atoms with E-state index < -0.39 is 15.8 Å². The zero-order valence-corrected chi connectivity index (χ0v) is 30.4. The molecule has 0 aliphatic carbocycles. The van der Waals surface area contributed by atoms with Crippen molar-refractivity contribution in [1.82, 2.24) is 9.97 Å². The van der Waals surface area contributed by atoms with E-state index >= 15 is 0 Å². The van der Waals surface area contributed by atoms with E-state index in [1.54, 1.807) is 24.5 Å². The van der Waals surface area contributed by atoms with Crippen LogP contribution in [0.5, 0.6) is 0 Å². The maximum Gasteiger partial charge on any atom is 0.182 e. The first kappa shape index (κ1) is 35.0. The highest BCUT2D eigenvalue weighted by Gasteiger charge is 2.33. The first-order chi connectivity index (χ1) is 25.7. The summed E-state index contributed by atoms with van der Waals surface area (Å²) < 4.78 is 0. The summed E-state index contributed by atoms with van der Waals surface area (Å²) in [7, 11) is -2.04. The van der Waals surface area contributed by atoms with Crippen molar-refractivity contribution in [2.75, 3.05) is 0 Å². The third-order valence-corrected chi connectivity index (χ3v) is 14.7.